The Balaban J connectivity index is 1.46. The van der Waals surface area contributed by atoms with Crippen molar-refractivity contribution < 1.29 is 4.79 Å². The number of carbonyl (C=O) groups is 1. The van der Waals surface area contributed by atoms with Crippen molar-refractivity contribution in [2.24, 2.45) is 5.92 Å². The summed E-state index contributed by atoms with van der Waals surface area (Å²) in [5, 5.41) is 15.9. The van der Waals surface area contributed by atoms with Crippen LogP contribution in [0.1, 0.15) is 64.3 Å². The molecule has 122 valence electrons. The van der Waals surface area contributed by atoms with Gasteiger partial charge in [-0.2, -0.15) is 0 Å². The lowest BCUT2D eigenvalue weighted by molar-refractivity contribution is -0.119. The maximum absolute atomic E-state index is 12.1. The van der Waals surface area contributed by atoms with Crippen molar-refractivity contribution in [2.75, 3.05) is 5.75 Å². The van der Waals surface area contributed by atoms with Crippen LogP contribution in [0.5, 0.6) is 0 Å². The number of nitrogens with one attached hydrogen (secondary N) is 1. The Morgan fingerprint density at radius 2 is 1.95 bits per heavy atom. The third-order valence-electron chi connectivity index (χ3n) is 4.85. The highest BCUT2D eigenvalue weighted by molar-refractivity contribution is 7.99. The van der Waals surface area contributed by atoms with E-state index in [9.17, 15) is 4.79 Å². The fraction of sp³-hybridized carbons (Fsp3) is 0.867. The molecular formula is C15H25N5OS. The normalized spacial score (nSPS) is 26.2. The van der Waals surface area contributed by atoms with Crippen LogP contribution in [0, 0.1) is 5.92 Å². The zero-order valence-electron chi connectivity index (χ0n) is 13.2. The molecule has 0 atom stereocenters. The van der Waals surface area contributed by atoms with Crippen LogP contribution >= 0.6 is 11.8 Å². The van der Waals surface area contributed by atoms with Crippen molar-refractivity contribution in [3.05, 3.63) is 0 Å². The molecule has 0 aliphatic heterocycles. The first kappa shape index (κ1) is 15.8. The minimum Gasteiger partial charge on any atom is -0.353 e. The van der Waals surface area contributed by atoms with Crippen LogP contribution in [0.2, 0.25) is 0 Å². The Kier molecular flexibility index (Phi) is 5.33. The Morgan fingerprint density at radius 3 is 2.68 bits per heavy atom. The first-order chi connectivity index (χ1) is 10.7. The van der Waals surface area contributed by atoms with Gasteiger partial charge in [0, 0.05) is 6.04 Å². The molecule has 6 nitrogen and oxygen atoms in total. The van der Waals surface area contributed by atoms with Crippen molar-refractivity contribution >= 4 is 17.7 Å². The Labute approximate surface area is 135 Å². The van der Waals surface area contributed by atoms with Gasteiger partial charge in [-0.1, -0.05) is 31.5 Å². The molecule has 1 N–H and O–H groups in total. The van der Waals surface area contributed by atoms with E-state index in [2.05, 4.69) is 27.8 Å². The topological polar surface area (TPSA) is 72.7 Å². The smallest absolute Gasteiger partial charge is 0.230 e. The summed E-state index contributed by atoms with van der Waals surface area (Å²) < 4.78 is 1.91. The van der Waals surface area contributed by atoms with Crippen LogP contribution in [0.15, 0.2) is 5.16 Å². The van der Waals surface area contributed by atoms with Crippen LogP contribution in [0.25, 0.3) is 0 Å². The van der Waals surface area contributed by atoms with Gasteiger partial charge in [0.15, 0.2) is 0 Å². The molecule has 22 heavy (non-hydrogen) atoms. The lowest BCUT2D eigenvalue weighted by Gasteiger charge is -2.26. The van der Waals surface area contributed by atoms with Crippen molar-refractivity contribution in [3.63, 3.8) is 0 Å². The summed E-state index contributed by atoms with van der Waals surface area (Å²) in [6, 6.07) is 0.774. The van der Waals surface area contributed by atoms with Gasteiger partial charge in [0.25, 0.3) is 0 Å². The maximum atomic E-state index is 12.1. The number of nitrogens with zero attached hydrogens (tertiary/aromatic N) is 4. The van der Waals surface area contributed by atoms with Crippen molar-refractivity contribution in [2.45, 2.75) is 75.5 Å². The summed E-state index contributed by atoms with van der Waals surface area (Å²) in [6.45, 7) is 2.29. The number of carbonyl (C=O) groups excluding carboxylic acids is 1. The van der Waals surface area contributed by atoms with Gasteiger partial charge in [0.1, 0.15) is 0 Å². The van der Waals surface area contributed by atoms with Crippen LogP contribution < -0.4 is 5.32 Å². The highest BCUT2D eigenvalue weighted by Crippen LogP contribution is 2.31. The average Bonchev–Trinajstić information content (AvgIpc) is 3.18. The number of rotatable bonds is 5. The van der Waals surface area contributed by atoms with Crippen molar-refractivity contribution in [3.8, 4) is 0 Å². The van der Waals surface area contributed by atoms with Gasteiger partial charge in [0.05, 0.1) is 11.8 Å². The Bertz CT molecular complexity index is 492. The molecule has 3 rings (SSSR count). The average molecular weight is 323 g/mol. The van der Waals surface area contributed by atoms with Gasteiger partial charge >= 0.3 is 0 Å². The van der Waals surface area contributed by atoms with E-state index in [0.29, 0.717) is 17.8 Å². The largest absolute Gasteiger partial charge is 0.353 e. The second-order valence-electron chi connectivity index (χ2n) is 6.66. The van der Waals surface area contributed by atoms with E-state index in [1.165, 1.54) is 37.4 Å². The molecule has 2 saturated carbocycles. The molecule has 2 fully saturated rings. The monoisotopic (exact) mass is 323 g/mol. The molecule has 0 radical (unpaired) electrons. The summed E-state index contributed by atoms with van der Waals surface area (Å²) in [6.07, 6.45) is 9.44. The van der Waals surface area contributed by atoms with Crippen molar-refractivity contribution in [1.29, 1.82) is 0 Å². The molecule has 0 saturated heterocycles. The van der Waals surface area contributed by atoms with Gasteiger partial charge in [0.2, 0.25) is 11.1 Å². The molecule has 1 aromatic heterocycles. The molecule has 0 bridgehead atoms. The molecule has 2 aliphatic carbocycles. The third kappa shape index (κ3) is 4.00. The number of tetrazole rings is 1. The van der Waals surface area contributed by atoms with E-state index < -0.39 is 0 Å². The van der Waals surface area contributed by atoms with E-state index in [4.69, 9.17) is 0 Å². The molecular weight excluding hydrogens is 298 g/mol. The fourth-order valence-corrected chi connectivity index (χ4v) is 4.22. The van der Waals surface area contributed by atoms with Gasteiger partial charge < -0.3 is 5.32 Å². The standard InChI is InChI=1S/C15H25N5OS/c1-11-6-8-12(9-7-11)16-14(21)10-22-15-17-18-19-20(15)13-4-2-3-5-13/h11-13H,2-10H2,1H3,(H,16,21). The predicted molar refractivity (Wildman–Crippen MR) is 85.6 cm³/mol. The number of hydrogen-bond acceptors (Lipinski definition) is 5. The van der Waals surface area contributed by atoms with Gasteiger partial charge in [-0.15, -0.1) is 5.10 Å². The second-order valence-corrected chi connectivity index (χ2v) is 7.60. The molecule has 1 heterocycles. The van der Waals surface area contributed by atoms with E-state index >= 15 is 0 Å². The van der Waals surface area contributed by atoms with Crippen LogP contribution in [0.4, 0.5) is 0 Å². The van der Waals surface area contributed by atoms with Gasteiger partial charge in [-0.25, -0.2) is 4.68 Å². The quantitative estimate of drug-likeness (QED) is 0.843. The highest BCUT2D eigenvalue weighted by atomic mass is 32.2. The maximum Gasteiger partial charge on any atom is 0.230 e. The van der Waals surface area contributed by atoms with Gasteiger partial charge in [-0.05, 0) is 54.9 Å². The third-order valence-corrected chi connectivity index (χ3v) is 5.78. The zero-order chi connectivity index (χ0) is 15.4. The fourth-order valence-electron chi connectivity index (χ4n) is 3.46. The number of thioether (sulfide) groups is 1. The second kappa shape index (κ2) is 7.44. The summed E-state index contributed by atoms with van der Waals surface area (Å²) in [7, 11) is 0. The van der Waals surface area contributed by atoms with E-state index in [1.54, 1.807) is 0 Å². The summed E-state index contributed by atoms with van der Waals surface area (Å²) in [5.41, 5.74) is 0. The molecule has 7 heteroatoms. The molecule has 2 aliphatic rings. The molecule has 1 amide bonds. The minimum absolute atomic E-state index is 0.102. The van der Waals surface area contributed by atoms with E-state index in [1.807, 2.05) is 4.68 Å². The summed E-state index contributed by atoms with van der Waals surface area (Å²) in [4.78, 5) is 12.1. The first-order valence-corrected chi connectivity index (χ1v) is 9.41. The first-order valence-electron chi connectivity index (χ1n) is 8.42. The highest BCUT2D eigenvalue weighted by Gasteiger charge is 2.23. The minimum atomic E-state index is 0.102. The Hall–Kier alpha value is -1.11. The van der Waals surface area contributed by atoms with Crippen LogP contribution in [-0.2, 0) is 4.79 Å². The van der Waals surface area contributed by atoms with Crippen molar-refractivity contribution in [1.82, 2.24) is 25.5 Å². The molecule has 0 unspecified atom stereocenters. The summed E-state index contributed by atoms with van der Waals surface area (Å²) >= 11 is 1.45. The lowest BCUT2D eigenvalue weighted by atomic mass is 9.87. The lowest BCUT2D eigenvalue weighted by Crippen LogP contribution is -2.38. The molecule has 1 aromatic rings. The van der Waals surface area contributed by atoms with E-state index in [0.717, 1.165) is 36.8 Å². The predicted octanol–water partition coefficient (Wildman–Crippen LogP) is 2.58. The molecule has 0 aromatic carbocycles. The van der Waals surface area contributed by atoms with E-state index in [-0.39, 0.29) is 5.91 Å². The van der Waals surface area contributed by atoms with Crippen LogP contribution in [-0.4, -0.2) is 37.9 Å². The SMILES string of the molecule is CC1CCC(NC(=O)CSc2nnnn2C2CCCC2)CC1. The number of amides is 1. The zero-order valence-corrected chi connectivity index (χ0v) is 14.0. The number of hydrogen-bond donors (Lipinski definition) is 1. The van der Waals surface area contributed by atoms with Crippen LogP contribution in [0.3, 0.4) is 0 Å². The Morgan fingerprint density at radius 1 is 1.23 bits per heavy atom. The van der Waals surface area contributed by atoms with Gasteiger partial charge in [-0.3, -0.25) is 4.79 Å². The summed E-state index contributed by atoms with van der Waals surface area (Å²) in [5.74, 6) is 1.31. The number of aromatic nitrogens is 4. The molecule has 0 spiro atoms.